The summed E-state index contributed by atoms with van der Waals surface area (Å²) in [6, 6.07) is 22.8. The maximum absolute atomic E-state index is 11.3. The maximum Gasteiger partial charge on any atom is 0.123 e. The van der Waals surface area contributed by atoms with E-state index >= 15 is 0 Å². The molecule has 2 unspecified atom stereocenters. The van der Waals surface area contributed by atoms with E-state index in [4.69, 9.17) is 0 Å². The third-order valence-corrected chi connectivity index (χ3v) is 7.74. The molecule has 3 heteroatoms. The molecule has 3 aromatic carbocycles. The van der Waals surface area contributed by atoms with E-state index in [0.29, 0.717) is 14.3 Å². The number of phenols is 1. The first-order valence-electron chi connectivity index (χ1n) is 10.9. The van der Waals surface area contributed by atoms with Crippen molar-refractivity contribution < 1.29 is 5.11 Å². The van der Waals surface area contributed by atoms with Gasteiger partial charge in [0, 0.05) is 22.5 Å². The average Bonchev–Trinajstić information content (AvgIpc) is 2.74. The van der Waals surface area contributed by atoms with Gasteiger partial charge in [-0.1, -0.05) is 103 Å². The fourth-order valence-corrected chi connectivity index (χ4v) is 5.36. The van der Waals surface area contributed by atoms with Crippen LogP contribution in [0.3, 0.4) is 0 Å². The molecule has 0 aliphatic carbocycles. The highest BCUT2D eigenvalue weighted by Crippen LogP contribution is 2.49. The summed E-state index contributed by atoms with van der Waals surface area (Å²) >= 11 is 0. The lowest BCUT2D eigenvalue weighted by Crippen LogP contribution is -2.22. The number of hydrogen-bond acceptors (Lipinski definition) is 2. The van der Waals surface area contributed by atoms with Crippen LogP contribution in [0.2, 0.25) is 0 Å². The maximum atomic E-state index is 11.3. The van der Waals surface area contributed by atoms with E-state index < -0.39 is 0 Å². The summed E-state index contributed by atoms with van der Waals surface area (Å²) < 4.78 is 0. The molecule has 0 aliphatic rings. The smallest absolute Gasteiger partial charge is 0.123 e. The van der Waals surface area contributed by atoms with Gasteiger partial charge in [-0.15, -0.1) is 0 Å². The predicted molar refractivity (Wildman–Crippen MR) is 137 cm³/mol. The van der Waals surface area contributed by atoms with Crippen molar-refractivity contribution >= 4 is 25.8 Å². The topological polar surface area (TPSA) is 32.6 Å². The van der Waals surface area contributed by atoms with Crippen LogP contribution in [0.1, 0.15) is 63.3 Å². The Morgan fingerprint density at radius 3 is 2.16 bits per heavy atom. The van der Waals surface area contributed by atoms with E-state index in [9.17, 15) is 5.11 Å². The molecule has 2 atom stereocenters. The van der Waals surface area contributed by atoms with Crippen LogP contribution in [0.25, 0.3) is 0 Å². The summed E-state index contributed by atoms with van der Waals surface area (Å²) in [4.78, 5) is 4.67. The van der Waals surface area contributed by atoms with Gasteiger partial charge in [0.15, 0.2) is 0 Å². The molecule has 0 amide bonds. The molecule has 0 fully saturated rings. The fourth-order valence-electron chi connectivity index (χ4n) is 3.80. The molecule has 0 bridgehead atoms. The van der Waals surface area contributed by atoms with Crippen molar-refractivity contribution in [1.82, 2.24) is 0 Å². The van der Waals surface area contributed by atoms with Crippen LogP contribution < -0.4 is 5.30 Å². The van der Waals surface area contributed by atoms with Crippen LogP contribution in [-0.4, -0.2) is 11.3 Å². The van der Waals surface area contributed by atoms with Crippen molar-refractivity contribution in [1.29, 1.82) is 0 Å². The van der Waals surface area contributed by atoms with Gasteiger partial charge in [0.2, 0.25) is 0 Å². The van der Waals surface area contributed by atoms with Gasteiger partial charge >= 0.3 is 0 Å². The van der Waals surface area contributed by atoms with Gasteiger partial charge in [0.25, 0.3) is 0 Å². The quantitative estimate of drug-likeness (QED) is 0.320. The van der Waals surface area contributed by atoms with Crippen molar-refractivity contribution in [2.24, 2.45) is 4.99 Å². The minimum atomic E-state index is -0.160. The third kappa shape index (κ3) is 5.43. The second-order valence-electron chi connectivity index (χ2n) is 9.45. The SMILES string of the molecule is CCC(C)(Pc1ccccc1C=Nc1ccccc1)c1cc(C)cc(C(C)(C)C)c1O. The van der Waals surface area contributed by atoms with Crippen LogP contribution in [-0.2, 0) is 10.6 Å². The number of hydrogen-bond donors (Lipinski definition) is 1. The number of aliphatic imine (C=N–C) groups is 1. The molecule has 3 aromatic rings. The Morgan fingerprint density at radius 1 is 0.903 bits per heavy atom. The molecule has 0 aliphatic heterocycles. The first kappa shape index (κ1) is 23.2. The second-order valence-corrected chi connectivity index (χ2v) is 11.3. The van der Waals surface area contributed by atoms with Crippen molar-refractivity contribution in [3.63, 3.8) is 0 Å². The fraction of sp³-hybridized carbons (Fsp3) is 0.321. The number of rotatable bonds is 6. The van der Waals surface area contributed by atoms with Crippen molar-refractivity contribution in [2.75, 3.05) is 0 Å². The molecule has 162 valence electrons. The van der Waals surface area contributed by atoms with Gasteiger partial charge in [0.1, 0.15) is 5.75 Å². The summed E-state index contributed by atoms with van der Waals surface area (Å²) in [5, 5.41) is 12.4. The number of phenolic OH excluding ortho intramolecular Hbond substituents is 1. The van der Waals surface area contributed by atoms with Crippen LogP contribution in [0, 0.1) is 6.92 Å². The van der Waals surface area contributed by atoms with Gasteiger partial charge < -0.3 is 5.11 Å². The Bertz CT molecular complexity index is 1070. The summed E-state index contributed by atoms with van der Waals surface area (Å²) in [6.07, 6.45) is 2.90. The Hall–Kier alpha value is -2.44. The molecular formula is C28H34NOP. The van der Waals surface area contributed by atoms with Crippen molar-refractivity contribution in [2.45, 2.75) is 58.5 Å². The normalized spacial score (nSPS) is 14.4. The highest BCUT2D eigenvalue weighted by Gasteiger charge is 2.32. The Labute approximate surface area is 189 Å². The number of para-hydroxylation sites is 1. The zero-order valence-electron chi connectivity index (χ0n) is 19.5. The highest BCUT2D eigenvalue weighted by molar-refractivity contribution is 7.48. The molecule has 0 aromatic heterocycles. The van der Waals surface area contributed by atoms with E-state index in [1.165, 1.54) is 10.9 Å². The van der Waals surface area contributed by atoms with Gasteiger partial charge in [-0.05, 0) is 41.8 Å². The molecule has 0 saturated heterocycles. The molecule has 1 N–H and O–H groups in total. The van der Waals surface area contributed by atoms with E-state index in [0.717, 1.165) is 28.8 Å². The largest absolute Gasteiger partial charge is 0.507 e. The lowest BCUT2D eigenvalue weighted by atomic mass is 9.82. The number of aryl methyl sites for hydroxylation is 1. The zero-order valence-corrected chi connectivity index (χ0v) is 20.5. The number of nitrogens with zero attached hydrogens (tertiary/aromatic N) is 1. The zero-order chi connectivity index (χ0) is 22.6. The minimum Gasteiger partial charge on any atom is -0.507 e. The minimum absolute atomic E-state index is 0.108. The molecule has 2 nitrogen and oxygen atoms in total. The summed E-state index contributed by atoms with van der Waals surface area (Å²) in [5.74, 6) is 0.449. The standard InChI is InChI=1S/C28H34NOP/c1-7-28(6,24-18-20(2)17-23(26(24)30)27(3,4)5)31-25-16-12-11-13-21(25)19-29-22-14-9-8-10-15-22/h8-19,30-31H,7H2,1-6H3. The van der Waals surface area contributed by atoms with Crippen LogP contribution in [0.5, 0.6) is 5.75 Å². The molecule has 0 spiro atoms. The second kappa shape index (κ2) is 9.37. The lowest BCUT2D eigenvalue weighted by Gasteiger charge is -2.33. The van der Waals surface area contributed by atoms with Crippen LogP contribution in [0.15, 0.2) is 71.7 Å². The predicted octanol–water partition coefficient (Wildman–Crippen LogP) is 7.38. The molecule has 31 heavy (non-hydrogen) atoms. The first-order chi connectivity index (χ1) is 14.6. The van der Waals surface area contributed by atoms with Gasteiger partial charge in [0.05, 0.1) is 5.69 Å². The van der Waals surface area contributed by atoms with Crippen LogP contribution in [0.4, 0.5) is 5.69 Å². The molecular weight excluding hydrogens is 397 g/mol. The molecule has 0 heterocycles. The van der Waals surface area contributed by atoms with E-state index in [2.05, 4.69) is 82.9 Å². The molecule has 0 saturated carbocycles. The van der Waals surface area contributed by atoms with Crippen LogP contribution >= 0.6 is 8.58 Å². The number of aromatic hydroxyl groups is 1. The third-order valence-electron chi connectivity index (χ3n) is 5.84. The number of benzene rings is 3. The van der Waals surface area contributed by atoms with E-state index in [1.54, 1.807) is 0 Å². The molecule has 3 rings (SSSR count). The lowest BCUT2D eigenvalue weighted by molar-refractivity contribution is 0.430. The summed E-state index contributed by atoms with van der Waals surface area (Å²) in [6.45, 7) is 13.1. The average molecular weight is 432 g/mol. The van der Waals surface area contributed by atoms with Crippen molar-refractivity contribution in [3.8, 4) is 5.75 Å². The van der Waals surface area contributed by atoms with E-state index in [-0.39, 0.29) is 10.6 Å². The summed E-state index contributed by atoms with van der Waals surface area (Å²) in [7, 11) is 0.514. The Balaban J connectivity index is 2.02. The molecule has 0 radical (unpaired) electrons. The highest BCUT2D eigenvalue weighted by atomic mass is 31.1. The van der Waals surface area contributed by atoms with Crippen molar-refractivity contribution in [3.05, 3.63) is 89.0 Å². The van der Waals surface area contributed by atoms with Gasteiger partial charge in [-0.2, -0.15) is 0 Å². The first-order valence-corrected chi connectivity index (χ1v) is 11.9. The van der Waals surface area contributed by atoms with Gasteiger partial charge in [-0.25, -0.2) is 0 Å². The summed E-state index contributed by atoms with van der Waals surface area (Å²) in [5.41, 5.74) is 5.24. The van der Waals surface area contributed by atoms with Gasteiger partial charge in [-0.3, -0.25) is 4.99 Å². The Kier molecular flexibility index (Phi) is 7.02. The monoisotopic (exact) mass is 431 g/mol. The Morgan fingerprint density at radius 2 is 1.52 bits per heavy atom. The van der Waals surface area contributed by atoms with E-state index in [1.807, 2.05) is 36.5 Å².